The van der Waals surface area contributed by atoms with Gasteiger partial charge in [-0.25, -0.2) is 8.42 Å². The summed E-state index contributed by atoms with van der Waals surface area (Å²) in [6.45, 7) is 2.40. The quantitative estimate of drug-likeness (QED) is 0.890. The normalized spacial score (nSPS) is 16.7. The van der Waals surface area contributed by atoms with Crippen LogP contribution in [0.1, 0.15) is 18.9 Å². The summed E-state index contributed by atoms with van der Waals surface area (Å²) in [5.41, 5.74) is 0.617. The molecule has 0 atom stereocenters. The van der Waals surface area contributed by atoms with E-state index in [-0.39, 0.29) is 9.11 Å². The summed E-state index contributed by atoms with van der Waals surface area (Å²) in [5.74, 6) is -0.509. The third-order valence-corrected chi connectivity index (χ3v) is 5.51. The first-order valence-electron chi connectivity index (χ1n) is 4.90. The fraction of sp³-hybridized carbons (Fsp3) is 0.300. The average molecular weight is 257 g/mol. The van der Waals surface area contributed by atoms with Crippen molar-refractivity contribution in [1.82, 2.24) is 5.32 Å². The number of amides is 1. The van der Waals surface area contributed by atoms with Gasteiger partial charge in [0.1, 0.15) is 9.11 Å². The van der Waals surface area contributed by atoms with Crippen molar-refractivity contribution in [3.8, 4) is 0 Å². The summed E-state index contributed by atoms with van der Waals surface area (Å²) in [6, 6.07) is 1.71. The summed E-state index contributed by atoms with van der Waals surface area (Å²) < 4.78 is 24.1. The molecular weight excluding hydrogens is 246 g/mol. The zero-order valence-corrected chi connectivity index (χ0v) is 10.3. The average Bonchev–Trinajstić information content (AvgIpc) is 2.78. The summed E-state index contributed by atoms with van der Waals surface area (Å²) in [4.78, 5) is 11.5. The molecule has 1 aliphatic rings. The van der Waals surface area contributed by atoms with Gasteiger partial charge < -0.3 is 5.32 Å². The Morgan fingerprint density at radius 2 is 2.25 bits per heavy atom. The molecule has 2 heterocycles. The number of nitrogens with one attached hydrogen (secondary N) is 1. The molecule has 0 aliphatic carbocycles. The van der Waals surface area contributed by atoms with Crippen molar-refractivity contribution in [2.45, 2.75) is 17.6 Å². The largest absolute Gasteiger partial charge is 0.351 e. The van der Waals surface area contributed by atoms with Crippen LogP contribution in [0.4, 0.5) is 0 Å². The summed E-state index contributed by atoms with van der Waals surface area (Å²) >= 11 is 1.14. The number of hydrogen-bond donors (Lipinski definition) is 1. The molecular formula is C10H11NO3S2. The van der Waals surface area contributed by atoms with Gasteiger partial charge in [-0.1, -0.05) is 6.92 Å². The molecule has 0 saturated heterocycles. The van der Waals surface area contributed by atoms with E-state index in [0.717, 1.165) is 17.8 Å². The number of rotatable bonds is 3. The molecule has 0 fully saturated rings. The van der Waals surface area contributed by atoms with Gasteiger partial charge in [-0.2, -0.15) is 0 Å². The van der Waals surface area contributed by atoms with Crippen LogP contribution in [0.5, 0.6) is 0 Å². The summed E-state index contributed by atoms with van der Waals surface area (Å²) in [5, 5.41) is 4.28. The molecule has 0 spiro atoms. The first-order valence-corrected chi connectivity index (χ1v) is 7.26. The molecule has 16 heavy (non-hydrogen) atoms. The first-order chi connectivity index (χ1) is 7.57. The highest BCUT2D eigenvalue weighted by Gasteiger charge is 2.35. The predicted octanol–water partition coefficient (Wildman–Crippen LogP) is 1.40. The first kappa shape index (κ1) is 11.3. The molecule has 86 valence electrons. The smallest absolute Gasteiger partial charge is 0.263 e. The Hall–Kier alpha value is -1.14. The number of fused-ring (bicyclic) bond motifs is 1. The molecule has 1 aromatic rings. The van der Waals surface area contributed by atoms with Gasteiger partial charge in [-0.05, 0) is 23.9 Å². The van der Waals surface area contributed by atoms with Crippen molar-refractivity contribution in [3.63, 3.8) is 0 Å². The van der Waals surface area contributed by atoms with Gasteiger partial charge in [0.25, 0.3) is 5.91 Å². The van der Waals surface area contributed by atoms with E-state index in [2.05, 4.69) is 5.32 Å². The van der Waals surface area contributed by atoms with Crippen LogP contribution in [0, 0.1) is 0 Å². The molecule has 0 aromatic carbocycles. The van der Waals surface area contributed by atoms with E-state index in [1.165, 1.54) is 6.08 Å². The minimum Gasteiger partial charge on any atom is -0.351 e. The zero-order valence-electron chi connectivity index (χ0n) is 8.69. The van der Waals surface area contributed by atoms with Gasteiger partial charge in [0.2, 0.25) is 9.84 Å². The van der Waals surface area contributed by atoms with E-state index in [1.807, 2.05) is 6.92 Å². The Morgan fingerprint density at radius 1 is 1.50 bits per heavy atom. The van der Waals surface area contributed by atoms with Crippen molar-refractivity contribution in [3.05, 3.63) is 21.9 Å². The number of hydrogen-bond acceptors (Lipinski definition) is 4. The minimum atomic E-state index is -3.57. The van der Waals surface area contributed by atoms with Crippen LogP contribution >= 0.6 is 11.3 Å². The lowest BCUT2D eigenvalue weighted by Crippen LogP contribution is -2.27. The standard InChI is InChI=1S/C10H11NO3S2/c1-2-4-11-9(12)8-6-7-3-5-15-10(7)16(8,13)14/h3,5-6H,2,4H2,1H3,(H,11,12). The lowest BCUT2D eigenvalue weighted by molar-refractivity contribution is -0.116. The van der Waals surface area contributed by atoms with Crippen LogP contribution in [-0.4, -0.2) is 20.9 Å². The summed E-state index contributed by atoms with van der Waals surface area (Å²) in [7, 11) is -3.57. The fourth-order valence-electron chi connectivity index (χ4n) is 1.46. The maximum Gasteiger partial charge on any atom is 0.263 e. The Bertz CT molecular complexity index is 554. The Balaban J connectivity index is 2.33. The highest BCUT2D eigenvalue weighted by Crippen LogP contribution is 2.36. The molecule has 1 N–H and O–H groups in total. The zero-order chi connectivity index (χ0) is 11.8. The molecule has 4 nitrogen and oxygen atoms in total. The van der Waals surface area contributed by atoms with Gasteiger partial charge in [0.05, 0.1) is 0 Å². The third-order valence-electron chi connectivity index (χ3n) is 2.24. The molecule has 1 aromatic heterocycles. The molecule has 0 radical (unpaired) electrons. The molecule has 0 bridgehead atoms. The molecule has 2 rings (SSSR count). The van der Waals surface area contributed by atoms with Gasteiger partial charge >= 0.3 is 0 Å². The highest BCUT2D eigenvalue weighted by molar-refractivity contribution is 7.98. The topological polar surface area (TPSA) is 63.2 Å². The molecule has 1 aliphatic heterocycles. The molecule has 0 unspecified atom stereocenters. The lowest BCUT2D eigenvalue weighted by atomic mass is 10.3. The number of carbonyl (C=O) groups is 1. The number of thiophene rings is 1. The number of carbonyl (C=O) groups excluding carboxylic acids is 1. The second-order valence-corrected chi connectivity index (χ2v) is 6.46. The van der Waals surface area contributed by atoms with Gasteiger partial charge in [-0.15, -0.1) is 11.3 Å². The Kier molecular flexibility index (Phi) is 2.86. The Morgan fingerprint density at radius 3 is 2.88 bits per heavy atom. The van der Waals surface area contributed by atoms with Gasteiger partial charge in [-0.3, -0.25) is 4.79 Å². The van der Waals surface area contributed by atoms with Gasteiger partial charge in [0.15, 0.2) is 0 Å². The maximum atomic E-state index is 11.9. The van der Waals surface area contributed by atoms with Crippen molar-refractivity contribution in [2.75, 3.05) is 6.54 Å². The molecule has 1 amide bonds. The highest BCUT2D eigenvalue weighted by atomic mass is 32.2. The van der Waals surface area contributed by atoms with Crippen LogP contribution in [0.25, 0.3) is 6.08 Å². The Labute approximate surface area is 97.9 Å². The van der Waals surface area contributed by atoms with E-state index in [0.29, 0.717) is 12.1 Å². The molecule has 0 saturated carbocycles. The van der Waals surface area contributed by atoms with Crippen LogP contribution < -0.4 is 5.32 Å². The van der Waals surface area contributed by atoms with E-state index in [4.69, 9.17) is 0 Å². The van der Waals surface area contributed by atoms with E-state index in [9.17, 15) is 13.2 Å². The van der Waals surface area contributed by atoms with E-state index < -0.39 is 15.7 Å². The monoisotopic (exact) mass is 257 g/mol. The van der Waals surface area contributed by atoms with Crippen molar-refractivity contribution < 1.29 is 13.2 Å². The van der Waals surface area contributed by atoms with Crippen LogP contribution in [0.15, 0.2) is 20.6 Å². The maximum absolute atomic E-state index is 11.9. The van der Waals surface area contributed by atoms with E-state index in [1.54, 1.807) is 11.4 Å². The second-order valence-electron chi connectivity index (χ2n) is 3.43. The van der Waals surface area contributed by atoms with E-state index >= 15 is 0 Å². The van der Waals surface area contributed by atoms with Crippen molar-refractivity contribution >= 4 is 33.2 Å². The van der Waals surface area contributed by atoms with Crippen molar-refractivity contribution in [1.29, 1.82) is 0 Å². The SMILES string of the molecule is CCCNC(=O)C1=Cc2ccsc2S1(=O)=O. The fourth-order valence-corrected chi connectivity index (χ4v) is 4.24. The van der Waals surface area contributed by atoms with Gasteiger partial charge in [0, 0.05) is 12.1 Å². The lowest BCUT2D eigenvalue weighted by Gasteiger charge is -2.03. The minimum absolute atomic E-state index is 0.136. The third kappa shape index (κ3) is 1.68. The van der Waals surface area contributed by atoms with Crippen LogP contribution in [-0.2, 0) is 14.6 Å². The van der Waals surface area contributed by atoms with Crippen molar-refractivity contribution in [2.24, 2.45) is 0 Å². The second kappa shape index (κ2) is 4.03. The van der Waals surface area contributed by atoms with Crippen LogP contribution in [0.2, 0.25) is 0 Å². The molecule has 6 heteroatoms. The predicted molar refractivity (Wildman–Crippen MR) is 62.8 cm³/mol. The number of sulfone groups is 1. The summed E-state index contributed by atoms with van der Waals surface area (Å²) in [6.07, 6.45) is 2.22. The van der Waals surface area contributed by atoms with Crippen LogP contribution in [0.3, 0.4) is 0 Å².